The van der Waals surface area contributed by atoms with E-state index in [0.717, 1.165) is 40.6 Å². The van der Waals surface area contributed by atoms with Gasteiger partial charge in [-0.15, -0.1) is 0 Å². The minimum absolute atomic E-state index is 0.315. The molecule has 2 aliphatic heterocycles. The Balaban J connectivity index is 1.69. The summed E-state index contributed by atoms with van der Waals surface area (Å²) in [6.45, 7) is 6.12. The highest BCUT2D eigenvalue weighted by Gasteiger charge is 2.52. The maximum absolute atomic E-state index is 11.2. The van der Waals surface area contributed by atoms with E-state index in [2.05, 4.69) is 11.9 Å². The van der Waals surface area contributed by atoms with Crippen molar-refractivity contribution in [1.82, 2.24) is 4.98 Å². The van der Waals surface area contributed by atoms with Crippen LogP contribution in [0.5, 0.6) is 5.75 Å². The van der Waals surface area contributed by atoms with Crippen LogP contribution in [0.15, 0.2) is 30.5 Å². The van der Waals surface area contributed by atoms with Crippen molar-refractivity contribution in [3.63, 3.8) is 0 Å². The minimum Gasteiger partial charge on any atom is -0.494 e. The maximum Gasteiger partial charge on any atom is 0.131 e. The fourth-order valence-corrected chi connectivity index (χ4v) is 5.07. The molecule has 24 heavy (non-hydrogen) atoms. The van der Waals surface area contributed by atoms with Gasteiger partial charge in [0.1, 0.15) is 17.9 Å². The van der Waals surface area contributed by atoms with E-state index in [-0.39, 0.29) is 0 Å². The second kappa shape index (κ2) is 6.34. The lowest BCUT2D eigenvalue weighted by molar-refractivity contribution is -0.932. The van der Waals surface area contributed by atoms with Crippen LogP contribution in [0.3, 0.4) is 0 Å². The largest absolute Gasteiger partial charge is 0.494 e. The Kier molecular flexibility index (Phi) is 4.19. The van der Waals surface area contributed by atoms with Crippen LogP contribution >= 0.6 is 0 Å². The molecule has 0 spiro atoms. The summed E-state index contributed by atoms with van der Waals surface area (Å²) >= 11 is 0. The van der Waals surface area contributed by atoms with Crippen molar-refractivity contribution in [1.29, 1.82) is 0 Å². The Hall–Kier alpha value is -1.65. The molecule has 4 heteroatoms. The van der Waals surface area contributed by atoms with Gasteiger partial charge in [-0.2, -0.15) is 0 Å². The van der Waals surface area contributed by atoms with Crippen LogP contribution in [0, 0.1) is 5.92 Å². The molecule has 2 bridgehead atoms. The molecular formula is C20H27N2O2+. The Bertz CT molecular complexity index is 733. The molecule has 2 fully saturated rings. The Morgan fingerprint density at radius 2 is 2.21 bits per heavy atom. The van der Waals surface area contributed by atoms with E-state index in [1.54, 1.807) is 4.90 Å². The second-order valence-corrected chi connectivity index (χ2v) is 7.19. The van der Waals surface area contributed by atoms with E-state index < -0.39 is 6.10 Å². The van der Waals surface area contributed by atoms with Crippen molar-refractivity contribution >= 4 is 10.9 Å². The molecule has 0 radical (unpaired) electrons. The Labute approximate surface area is 143 Å². The SMILES string of the molecule is CCOc1ccc2nccc([C@@H](O)[C@@H]3C[C@H]4CC[NH+]3[C@@H]4CC)c2c1. The Morgan fingerprint density at radius 3 is 2.96 bits per heavy atom. The van der Waals surface area contributed by atoms with Gasteiger partial charge in [0.2, 0.25) is 0 Å². The van der Waals surface area contributed by atoms with E-state index in [4.69, 9.17) is 4.74 Å². The standard InChI is InChI=1S/C20H26N2O2/c1-3-18-13-8-10-22(18)19(11-13)20(23)15-7-9-21-17-6-5-14(24-4-2)12-16(15)17/h5-7,9,12-13,18-20,23H,3-4,8,10-11H2,1-2H3/p+1/t13-,18-,19+,20-/m1/s1. The minimum atomic E-state index is -0.429. The summed E-state index contributed by atoms with van der Waals surface area (Å²) in [5, 5.41) is 12.2. The van der Waals surface area contributed by atoms with Gasteiger partial charge in [-0.05, 0) is 43.2 Å². The van der Waals surface area contributed by atoms with Gasteiger partial charge in [0.25, 0.3) is 0 Å². The van der Waals surface area contributed by atoms with E-state index in [0.29, 0.717) is 12.6 Å². The first-order valence-corrected chi connectivity index (χ1v) is 9.28. The summed E-state index contributed by atoms with van der Waals surface area (Å²) < 4.78 is 5.64. The number of fused-ring (bicyclic) bond motifs is 3. The smallest absolute Gasteiger partial charge is 0.131 e. The molecule has 0 amide bonds. The highest BCUT2D eigenvalue weighted by atomic mass is 16.5. The highest BCUT2D eigenvalue weighted by Crippen LogP contribution is 2.35. The molecule has 5 atom stereocenters. The van der Waals surface area contributed by atoms with Crippen molar-refractivity contribution in [3.8, 4) is 5.75 Å². The predicted molar refractivity (Wildman–Crippen MR) is 94.3 cm³/mol. The van der Waals surface area contributed by atoms with Gasteiger partial charge in [-0.3, -0.25) is 4.98 Å². The molecule has 128 valence electrons. The average Bonchev–Trinajstić information content (AvgIpc) is 3.18. The molecule has 3 heterocycles. The molecule has 0 aliphatic carbocycles. The summed E-state index contributed by atoms with van der Waals surface area (Å²) in [5.74, 6) is 1.63. The molecule has 2 N–H and O–H groups in total. The summed E-state index contributed by atoms with van der Waals surface area (Å²) in [6, 6.07) is 9.00. The lowest BCUT2D eigenvalue weighted by Crippen LogP contribution is -3.16. The first-order chi connectivity index (χ1) is 11.7. The number of nitrogens with one attached hydrogen (secondary N) is 1. The molecule has 0 saturated carbocycles. The number of hydrogen-bond acceptors (Lipinski definition) is 3. The molecule has 1 aromatic carbocycles. The van der Waals surface area contributed by atoms with E-state index in [1.165, 1.54) is 19.4 Å². The van der Waals surface area contributed by atoms with Crippen LogP contribution in [0.4, 0.5) is 0 Å². The molecule has 2 aliphatic rings. The normalized spacial score (nSPS) is 30.0. The third kappa shape index (κ3) is 2.49. The molecule has 1 unspecified atom stereocenters. The number of pyridine rings is 1. The van der Waals surface area contributed by atoms with Gasteiger partial charge in [0.05, 0.1) is 24.7 Å². The summed E-state index contributed by atoms with van der Waals surface area (Å²) in [4.78, 5) is 6.07. The number of hydrogen-bond donors (Lipinski definition) is 2. The van der Waals surface area contributed by atoms with Crippen LogP contribution in [-0.4, -0.2) is 35.3 Å². The van der Waals surface area contributed by atoms with Crippen molar-refractivity contribution < 1.29 is 14.7 Å². The van der Waals surface area contributed by atoms with Crippen molar-refractivity contribution in [2.24, 2.45) is 5.92 Å². The van der Waals surface area contributed by atoms with Crippen molar-refractivity contribution in [3.05, 3.63) is 36.0 Å². The molecule has 2 aromatic rings. The third-order valence-electron chi connectivity index (χ3n) is 6.08. The zero-order valence-electron chi connectivity index (χ0n) is 14.5. The number of ether oxygens (including phenoxy) is 1. The van der Waals surface area contributed by atoms with E-state index in [1.807, 2.05) is 37.4 Å². The number of nitrogens with zero attached hydrogens (tertiary/aromatic N) is 1. The van der Waals surface area contributed by atoms with Gasteiger partial charge in [-0.1, -0.05) is 6.92 Å². The van der Waals surface area contributed by atoms with Crippen molar-refractivity contribution in [2.75, 3.05) is 13.2 Å². The number of rotatable bonds is 5. The first-order valence-electron chi connectivity index (χ1n) is 9.28. The van der Waals surface area contributed by atoms with Gasteiger partial charge in [-0.25, -0.2) is 0 Å². The second-order valence-electron chi connectivity index (χ2n) is 7.19. The van der Waals surface area contributed by atoms with Gasteiger partial charge in [0, 0.05) is 30.3 Å². The summed E-state index contributed by atoms with van der Waals surface area (Å²) in [7, 11) is 0. The Morgan fingerprint density at radius 1 is 1.33 bits per heavy atom. The van der Waals surface area contributed by atoms with Gasteiger partial charge in [0.15, 0.2) is 0 Å². The number of piperidine rings is 1. The lowest BCUT2D eigenvalue weighted by Gasteiger charge is -2.28. The lowest BCUT2D eigenvalue weighted by atomic mass is 9.90. The fourth-order valence-electron chi connectivity index (χ4n) is 5.07. The molecule has 4 nitrogen and oxygen atoms in total. The number of quaternary nitrogens is 1. The fraction of sp³-hybridized carbons (Fsp3) is 0.550. The molecule has 1 aromatic heterocycles. The summed E-state index contributed by atoms with van der Waals surface area (Å²) in [6.07, 6.45) is 5.07. The number of aliphatic hydroxyl groups is 1. The van der Waals surface area contributed by atoms with Crippen LogP contribution in [-0.2, 0) is 0 Å². The summed E-state index contributed by atoms with van der Waals surface area (Å²) in [5.41, 5.74) is 1.93. The zero-order chi connectivity index (χ0) is 16.7. The average molecular weight is 327 g/mol. The van der Waals surface area contributed by atoms with E-state index >= 15 is 0 Å². The maximum atomic E-state index is 11.2. The van der Waals surface area contributed by atoms with Crippen LogP contribution in [0.1, 0.15) is 44.8 Å². The number of aliphatic hydroxyl groups excluding tert-OH is 1. The van der Waals surface area contributed by atoms with Crippen LogP contribution < -0.4 is 9.64 Å². The predicted octanol–water partition coefficient (Wildman–Crippen LogP) is 2.12. The van der Waals surface area contributed by atoms with Crippen molar-refractivity contribution in [2.45, 2.75) is 51.3 Å². The number of aromatic nitrogens is 1. The molecule has 2 saturated heterocycles. The first kappa shape index (κ1) is 15.9. The third-order valence-corrected chi connectivity index (χ3v) is 6.08. The molecule has 4 rings (SSSR count). The highest BCUT2D eigenvalue weighted by molar-refractivity contribution is 5.83. The van der Waals surface area contributed by atoms with Gasteiger partial charge < -0.3 is 14.7 Å². The van der Waals surface area contributed by atoms with Crippen LogP contribution in [0.25, 0.3) is 10.9 Å². The van der Waals surface area contributed by atoms with Gasteiger partial charge >= 0.3 is 0 Å². The zero-order valence-corrected chi connectivity index (χ0v) is 14.5. The quantitative estimate of drug-likeness (QED) is 0.884. The monoisotopic (exact) mass is 327 g/mol. The van der Waals surface area contributed by atoms with E-state index in [9.17, 15) is 5.11 Å². The molecular weight excluding hydrogens is 300 g/mol. The van der Waals surface area contributed by atoms with Crippen LogP contribution in [0.2, 0.25) is 0 Å². The topological polar surface area (TPSA) is 46.8 Å². The number of benzene rings is 1.